The van der Waals surface area contributed by atoms with E-state index in [2.05, 4.69) is 4.98 Å². The highest BCUT2D eigenvalue weighted by Gasteiger charge is 2.43. The maximum atomic E-state index is 12.9. The lowest BCUT2D eigenvalue weighted by Crippen LogP contribution is -2.43. The van der Waals surface area contributed by atoms with Crippen LogP contribution in [0.1, 0.15) is 11.9 Å². The van der Waals surface area contributed by atoms with Crippen LogP contribution >= 0.6 is 0 Å². The predicted molar refractivity (Wildman–Crippen MR) is 108 cm³/mol. The first-order chi connectivity index (χ1) is 15.0. The van der Waals surface area contributed by atoms with Crippen LogP contribution in [0.15, 0.2) is 70.5 Å². The largest absolute Gasteiger partial charge is 0.457 e. The van der Waals surface area contributed by atoms with E-state index in [1.165, 1.54) is 12.4 Å². The van der Waals surface area contributed by atoms with Gasteiger partial charge in [0.2, 0.25) is 0 Å². The van der Waals surface area contributed by atoms with Crippen molar-refractivity contribution in [2.75, 3.05) is 6.61 Å². The lowest BCUT2D eigenvalue weighted by molar-refractivity contribution is -0.0555. The number of benzene rings is 1. The highest BCUT2D eigenvalue weighted by atomic mass is 16.6. The van der Waals surface area contributed by atoms with Crippen LogP contribution < -0.4 is 16.0 Å². The quantitative estimate of drug-likeness (QED) is 0.495. The lowest BCUT2D eigenvalue weighted by atomic mass is 10.1. The van der Waals surface area contributed by atoms with Crippen molar-refractivity contribution in [2.45, 2.75) is 31.1 Å². The second-order valence-corrected chi connectivity index (χ2v) is 7.06. The Kier molecular flexibility index (Phi) is 5.96. The number of aliphatic hydroxyl groups is 3. The minimum atomic E-state index is -1.44. The van der Waals surface area contributed by atoms with Crippen molar-refractivity contribution in [3.05, 3.63) is 87.5 Å². The number of para-hydroxylation sites is 1. The van der Waals surface area contributed by atoms with Gasteiger partial charge < -0.3 is 24.8 Å². The summed E-state index contributed by atoms with van der Waals surface area (Å²) < 4.78 is 13.1. The molecule has 1 aromatic carbocycles. The molecule has 3 aromatic rings. The first kappa shape index (κ1) is 20.9. The second-order valence-electron chi connectivity index (χ2n) is 7.06. The van der Waals surface area contributed by atoms with E-state index in [4.69, 9.17) is 9.47 Å². The predicted octanol–water partition coefficient (Wildman–Crippen LogP) is -0.143. The molecule has 0 aliphatic carbocycles. The van der Waals surface area contributed by atoms with Gasteiger partial charge in [0.1, 0.15) is 29.8 Å². The molecule has 0 saturated carbocycles. The van der Waals surface area contributed by atoms with Gasteiger partial charge in [-0.1, -0.05) is 18.2 Å². The third-order valence-electron chi connectivity index (χ3n) is 4.97. The van der Waals surface area contributed by atoms with Crippen LogP contribution in [0.2, 0.25) is 0 Å². The molecule has 0 unspecified atom stereocenters. The zero-order valence-corrected chi connectivity index (χ0v) is 16.3. The van der Waals surface area contributed by atoms with E-state index >= 15 is 0 Å². The van der Waals surface area contributed by atoms with Gasteiger partial charge in [-0.25, -0.2) is 4.79 Å². The number of aliphatic hydroxyl groups excluding tert-OH is 3. The molecule has 162 valence electrons. The molecule has 31 heavy (non-hydrogen) atoms. The third-order valence-corrected chi connectivity index (χ3v) is 4.97. The molecule has 10 nitrogen and oxygen atoms in total. The van der Waals surface area contributed by atoms with Crippen LogP contribution in [0.25, 0.3) is 0 Å². The summed E-state index contributed by atoms with van der Waals surface area (Å²) in [6.45, 7) is -0.666. The van der Waals surface area contributed by atoms with Crippen LogP contribution in [0.3, 0.4) is 0 Å². The van der Waals surface area contributed by atoms with Gasteiger partial charge in [-0.3, -0.25) is 18.9 Å². The van der Waals surface area contributed by atoms with Crippen LogP contribution in [0, 0.1) is 0 Å². The SMILES string of the molecule is O=c1ccn([C@@H]2O[C@H](CO)[C@@H](O)[C@H]2O)c(=O)n1Cc1cc(Oc2ccccc2)ccn1. The highest BCUT2D eigenvalue weighted by molar-refractivity contribution is 5.31. The summed E-state index contributed by atoms with van der Waals surface area (Å²) in [6.07, 6.45) is -2.40. The molecular weight excluding hydrogens is 406 g/mol. The number of rotatable bonds is 6. The molecule has 0 spiro atoms. The summed E-state index contributed by atoms with van der Waals surface area (Å²) in [5, 5.41) is 29.4. The molecule has 3 heterocycles. The van der Waals surface area contributed by atoms with Crippen molar-refractivity contribution >= 4 is 0 Å². The van der Waals surface area contributed by atoms with E-state index < -0.39 is 42.4 Å². The molecule has 1 aliphatic heterocycles. The van der Waals surface area contributed by atoms with Gasteiger partial charge >= 0.3 is 5.69 Å². The van der Waals surface area contributed by atoms with Crippen molar-refractivity contribution in [3.8, 4) is 11.5 Å². The van der Waals surface area contributed by atoms with Gasteiger partial charge in [0, 0.05) is 24.5 Å². The summed E-state index contributed by atoms with van der Waals surface area (Å²) in [7, 11) is 0. The summed E-state index contributed by atoms with van der Waals surface area (Å²) in [5.41, 5.74) is -0.908. The molecule has 0 bridgehead atoms. The molecule has 0 amide bonds. The third kappa shape index (κ3) is 4.28. The first-order valence-corrected chi connectivity index (χ1v) is 9.60. The fourth-order valence-corrected chi connectivity index (χ4v) is 3.37. The number of hydrogen-bond donors (Lipinski definition) is 3. The molecule has 2 aromatic heterocycles. The Balaban J connectivity index is 1.61. The Morgan fingerprint density at radius 2 is 1.81 bits per heavy atom. The Hall–Kier alpha value is -3.31. The van der Waals surface area contributed by atoms with Gasteiger partial charge in [0.15, 0.2) is 6.23 Å². The molecule has 10 heteroatoms. The standard InChI is InChI=1S/C21H21N3O7/c25-12-16-18(27)19(28)20(31-16)23-9-7-17(26)24(21(23)29)11-13-10-15(6-8-22-13)30-14-4-2-1-3-5-14/h1-10,16,18-20,25,27-28H,11-12H2/t16-,18-,19-,20-/m1/s1. The van der Waals surface area contributed by atoms with Gasteiger partial charge in [-0.15, -0.1) is 0 Å². The Morgan fingerprint density at radius 1 is 1.03 bits per heavy atom. The summed E-state index contributed by atoms with van der Waals surface area (Å²) in [5.74, 6) is 1.12. The zero-order chi connectivity index (χ0) is 22.0. The molecule has 3 N–H and O–H groups in total. The normalized spacial score (nSPS) is 23.1. The van der Waals surface area contributed by atoms with Gasteiger partial charge in [0.25, 0.3) is 5.56 Å². The Labute approximate surface area is 176 Å². The fourth-order valence-electron chi connectivity index (χ4n) is 3.37. The smallest absolute Gasteiger partial charge is 0.333 e. The van der Waals surface area contributed by atoms with Crippen LogP contribution in [0.4, 0.5) is 0 Å². The van der Waals surface area contributed by atoms with Crippen molar-refractivity contribution < 1.29 is 24.8 Å². The van der Waals surface area contributed by atoms with E-state index in [-0.39, 0.29) is 6.54 Å². The molecule has 0 radical (unpaired) electrons. The first-order valence-electron chi connectivity index (χ1n) is 9.60. The highest BCUT2D eigenvalue weighted by Crippen LogP contribution is 2.28. The molecule has 1 aliphatic rings. The maximum Gasteiger partial charge on any atom is 0.333 e. The van der Waals surface area contributed by atoms with Crippen molar-refractivity contribution in [2.24, 2.45) is 0 Å². The number of pyridine rings is 1. The van der Waals surface area contributed by atoms with Crippen LogP contribution in [-0.2, 0) is 11.3 Å². The van der Waals surface area contributed by atoms with E-state index in [1.54, 1.807) is 24.3 Å². The number of ether oxygens (including phenoxy) is 2. The van der Waals surface area contributed by atoms with Crippen molar-refractivity contribution in [1.82, 2.24) is 14.1 Å². The zero-order valence-electron chi connectivity index (χ0n) is 16.3. The minimum absolute atomic E-state index is 0.140. The van der Waals surface area contributed by atoms with Crippen molar-refractivity contribution in [1.29, 1.82) is 0 Å². The molecule has 1 saturated heterocycles. The maximum absolute atomic E-state index is 12.9. The van der Waals surface area contributed by atoms with E-state index in [0.29, 0.717) is 17.2 Å². The summed E-state index contributed by atoms with van der Waals surface area (Å²) in [4.78, 5) is 29.5. The molecule has 1 fully saturated rings. The van der Waals surface area contributed by atoms with Gasteiger partial charge in [0.05, 0.1) is 18.8 Å². The topological polar surface area (TPSA) is 136 Å². The van der Waals surface area contributed by atoms with Gasteiger partial charge in [-0.05, 0) is 18.2 Å². The molecule has 4 rings (SSSR count). The van der Waals surface area contributed by atoms with Gasteiger partial charge in [-0.2, -0.15) is 0 Å². The van der Waals surface area contributed by atoms with Crippen molar-refractivity contribution in [3.63, 3.8) is 0 Å². The Morgan fingerprint density at radius 3 is 2.52 bits per heavy atom. The monoisotopic (exact) mass is 427 g/mol. The summed E-state index contributed by atoms with van der Waals surface area (Å²) in [6, 6.07) is 13.5. The minimum Gasteiger partial charge on any atom is -0.457 e. The average Bonchev–Trinajstić information content (AvgIpc) is 3.06. The Bertz CT molecular complexity index is 1160. The van der Waals surface area contributed by atoms with Crippen LogP contribution in [0.5, 0.6) is 11.5 Å². The van der Waals surface area contributed by atoms with E-state index in [0.717, 1.165) is 15.2 Å². The average molecular weight is 427 g/mol. The summed E-state index contributed by atoms with van der Waals surface area (Å²) >= 11 is 0. The molecular formula is C21H21N3O7. The number of nitrogens with zero attached hydrogens (tertiary/aromatic N) is 3. The second kappa shape index (κ2) is 8.82. The van der Waals surface area contributed by atoms with Crippen LogP contribution in [-0.4, -0.2) is 54.4 Å². The molecule has 4 atom stereocenters. The fraction of sp³-hybridized carbons (Fsp3) is 0.286. The lowest BCUT2D eigenvalue weighted by Gasteiger charge is -2.18. The number of aromatic nitrogens is 3. The van der Waals surface area contributed by atoms with E-state index in [9.17, 15) is 24.9 Å². The van der Waals surface area contributed by atoms with E-state index in [1.807, 2.05) is 18.2 Å². The number of hydrogen-bond acceptors (Lipinski definition) is 8.